The van der Waals surface area contributed by atoms with Crippen LogP contribution in [0.25, 0.3) is 0 Å². The first kappa shape index (κ1) is 18.1. The molecule has 0 saturated carbocycles. The van der Waals surface area contributed by atoms with Crippen LogP contribution in [0.2, 0.25) is 0 Å². The highest BCUT2D eigenvalue weighted by atomic mass is 16.4. The minimum absolute atomic E-state index is 0.158. The lowest BCUT2D eigenvalue weighted by Gasteiger charge is -2.20. The Bertz CT molecular complexity index is 587. The van der Waals surface area contributed by atoms with E-state index in [1.165, 1.54) is 6.92 Å². The molecule has 0 aromatic heterocycles. The number of carboxylic acid groups (broad SMARTS) is 2. The van der Waals surface area contributed by atoms with Crippen molar-refractivity contribution in [3.8, 4) is 0 Å². The number of aliphatic carboxylic acids is 2. The first-order chi connectivity index (χ1) is 10.8. The van der Waals surface area contributed by atoms with E-state index in [1.54, 1.807) is 30.3 Å². The lowest BCUT2D eigenvalue weighted by Crippen LogP contribution is -2.52. The molecule has 0 saturated heterocycles. The molecular formula is C15H18N2O6. The molecule has 8 nitrogen and oxygen atoms in total. The second kappa shape index (κ2) is 8.52. The molecule has 0 spiro atoms. The van der Waals surface area contributed by atoms with Gasteiger partial charge in [-0.2, -0.15) is 0 Å². The summed E-state index contributed by atoms with van der Waals surface area (Å²) in [5.41, 5.74) is 0.770. The van der Waals surface area contributed by atoms with Crippen LogP contribution in [0, 0.1) is 0 Å². The highest BCUT2D eigenvalue weighted by molar-refractivity contribution is 5.91. The van der Waals surface area contributed by atoms with Crippen molar-refractivity contribution in [2.45, 2.75) is 31.8 Å². The van der Waals surface area contributed by atoms with E-state index >= 15 is 0 Å². The van der Waals surface area contributed by atoms with Gasteiger partial charge < -0.3 is 20.8 Å². The maximum atomic E-state index is 12.2. The normalized spacial score (nSPS) is 12.7. The van der Waals surface area contributed by atoms with Gasteiger partial charge in [-0.1, -0.05) is 30.3 Å². The summed E-state index contributed by atoms with van der Waals surface area (Å²) in [5, 5.41) is 22.2. The van der Waals surface area contributed by atoms with Gasteiger partial charge in [-0.15, -0.1) is 0 Å². The van der Waals surface area contributed by atoms with Crippen molar-refractivity contribution in [1.29, 1.82) is 0 Å². The summed E-state index contributed by atoms with van der Waals surface area (Å²) in [7, 11) is 0. The van der Waals surface area contributed by atoms with E-state index in [2.05, 4.69) is 10.6 Å². The molecule has 0 heterocycles. The zero-order chi connectivity index (χ0) is 17.4. The van der Waals surface area contributed by atoms with Crippen LogP contribution in [0.3, 0.4) is 0 Å². The molecule has 0 aliphatic carbocycles. The molecule has 0 fully saturated rings. The quantitative estimate of drug-likeness (QED) is 0.523. The molecule has 2 atom stereocenters. The van der Waals surface area contributed by atoms with Crippen LogP contribution in [-0.2, 0) is 25.6 Å². The number of hydrogen-bond acceptors (Lipinski definition) is 4. The van der Waals surface area contributed by atoms with Crippen LogP contribution in [0.5, 0.6) is 0 Å². The van der Waals surface area contributed by atoms with Gasteiger partial charge in [0.15, 0.2) is 0 Å². The predicted molar refractivity (Wildman–Crippen MR) is 79.6 cm³/mol. The maximum Gasteiger partial charge on any atom is 0.326 e. The Balaban J connectivity index is 2.83. The fourth-order valence-electron chi connectivity index (χ4n) is 1.95. The summed E-state index contributed by atoms with van der Waals surface area (Å²) in [6, 6.07) is 6.29. The molecule has 2 amide bonds. The van der Waals surface area contributed by atoms with Gasteiger partial charge in [0.05, 0.1) is 6.42 Å². The monoisotopic (exact) mass is 322 g/mol. The molecule has 0 bridgehead atoms. The van der Waals surface area contributed by atoms with Crippen molar-refractivity contribution >= 4 is 23.8 Å². The highest BCUT2D eigenvalue weighted by Gasteiger charge is 2.27. The third kappa shape index (κ3) is 6.60. The second-order valence-electron chi connectivity index (χ2n) is 4.94. The van der Waals surface area contributed by atoms with Crippen LogP contribution < -0.4 is 10.6 Å². The average molecular weight is 322 g/mol. The molecule has 23 heavy (non-hydrogen) atoms. The van der Waals surface area contributed by atoms with Gasteiger partial charge in [0.2, 0.25) is 11.8 Å². The van der Waals surface area contributed by atoms with Crippen LogP contribution in [-0.4, -0.2) is 46.0 Å². The lowest BCUT2D eigenvalue weighted by atomic mass is 10.0. The molecule has 1 aromatic rings. The number of carboxylic acids is 2. The third-order valence-electron chi connectivity index (χ3n) is 2.97. The van der Waals surface area contributed by atoms with E-state index in [9.17, 15) is 19.2 Å². The Morgan fingerprint density at radius 1 is 1.00 bits per heavy atom. The van der Waals surface area contributed by atoms with E-state index in [-0.39, 0.29) is 6.42 Å². The van der Waals surface area contributed by atoms with E-state index in [1.807, 2.05) is 0 Å². The molecule has 4 N–H and O–H groups in total. The number of carbonyl (C=O) groups is 4. The number of hydrogen-bond donors (Lipinski definition) is 4. The van der Waals surface area contributed by atoms with Crippen LogP contribution >= 0.6 is 0 Å². The summed E-state index contributed by atoms with van der Waals surface area (Å²) in [4.78, 5) is 45.1. The third-order valence-corrected chi connectivity index (χ3v) is 2.97. The zero-order valence-electron chi connectivity index (χ0n) is 12.5. The first-order valence-corrected chi connectivity index (χ1v) is 6.85. The van der Waals surface area contributed by atoms with Gasteiger partial charge >= 0.3 is 11.9 Å². The van der Waals surface area contributed by atoms with E-state index < -0.39 is 42.3 Å². The standard InChI is InChI=1S/C15H18N2O6/c1-9(18)16-11(7-10-5-3-2-4-6-10)14(21)17-12(15(22)23)8-13(19)20/h2-6,11-12H,7-8H2,1H3,(H,16,18)(H,17,21)(H,19,20)(H,22,23)/t11?,12-/m0/s1. The number of rotatable bonds is 8. The fourth-order valence-corrected chi connectivity index (χ4v) is 1.95. The molecule has 1 rings (SSSR count). The van der Waals surface area contributed by atoms with Crippen molar-refractivity contribution < 1.29 is 29.4 Å². The average Bonchev–Trinajstić information content (AvgIpc) is 2.45. The summed E-state index contributed by atoms with van der Waals surface area (Å²) >= 11 is 0. The Morgan fingerprint density at radius 3 is 2.09 bits per heavy atom. The van der Waals surface area contributed by atoms with Crippen molar-refractivity contribution in [3.63, 3.8) is 0 Å². The van der Waals surface area contributed by atoms with E-state index in [0.717, 1.165) is 5.56 Å². The molecule has 0 radical (unpaired) electrons. The zero-order valence-corrected chi connectivity index (χ0v) is 12.5. The SMILES string of the molecule is CC(=O)NC(Cc1ccccc1)C(=O)N[C@@H](CC(=O)O)C(=O)O. The van der Waals surface area contributed by atoms with Crippen molar-refractivity contribution in [2.75, 3.05) is 0 Å². The van der Waals surface area contributed by atoms with E-state index in [4.69, 9.17) is 10.2 Å². The van der Waals surface area contributed by atoms with Crippen molar-refractivity contribution in [3.05, 3.63) is 35.9 Å². The molecule has 1 aromatic carbocycles. The summed E-state index contributed by atoms with van der Waals surface area (Å²) < 4.78 is 0. The summed E-state index contributed by atoms with van der Waals surface area (Å²) in [6.45, 7) is 1.23. The first-order valence-electron chi connectivity index (χ1n) is 6.85. The molecule has 0 aliphatic rings. The van der Waals surface area contributed by atoms with Crippen LogP contribution in [0.4, 0.5) is 0 Å². The van der Waals surface area contributed by atoms with Gasteiger partial charge in [-0.05, 0) is 5.56 Å². The van der Waals surface area contributed by atoms with Crippen molar-refractivity contribution in [1.82, 2.24) is 10.6 Å². The lowest BCUT2D eigenvalue weighted by molar-refractivity contribution is -0.147. The van der Waals surface area contributed by atoms with Gasteiger partial charge in [0, 0.05) is 13.3 Å². The molecular weight excluding hydrogens is 304 g/mol. The predicted octanol–water partition coefficient (Wildman–Crippen LogP) is -0.222. The largest absolute Gasteiger partial charge is 0.481 e. The Kier molecular flexibility index (Phi) is 6.72. The molecule has 1 unspecified atom stereocenters. The van der Waals surface area contributed by atoms with Crippen molar-refractivity contribution in [2.24, 2.45) is 0 Å². The minimum atomic E-state index is -1.56. The van der Waals surface area contributed by atoms with Gasteiger partial charge in [0.25, 0.3) is 0 Å². The fraction of sp³-hybridized carbons (Fsp3) is 0.333. The van der Waals surface area contributed by atoms with Crippen LogP contribution in [0.1, 0.15) is 18.9 Å². The highest BCUT2D eigenvalue weighted by Crippen LogP contribution is 2.04. The second-order valence-corrected chi connectivity index (χ2v) is 4.94. The van der Waals surface area contributed by atoms with Crippen LogP contribution in [0.15, 0.2) is 30.3 Å². The molecule has 0 aliphatic heterocycles. The number of amides is 2. The van der Waals surface area contributed by atoms with Gasteiger partial charge in [-0.25, -0.2) is 4.79 Å². The van der Waals surface area contributed by atoms with Gasteiger partial charge in [0.1, 0.15) is 12.1 Å². The van der Waals surface area contributed by atoms with E-state index in [0.29, 0.717) is 0 Å². The topological polar surface area (TPSA) is 133 Å². The number of carbonyl (C=O) groups excluding carboxylic acids is 2. The smallest absolute Gasteiger partial charge is 0.326 e. The summed E-state index contributed by atoms with van der Waals surface area (Å²) in [5.74, 6) is -4.01. The molecule has 124 valence electrons. The molecule has 8 heteroatoms. The number of nitrogens with one attached hydrogen (secondary N) is 2. The minimum Gasteiger partial charge on any atom is -0.481 e. The van der Waals surface area contributed by atoms with Gasteiger partial charge in [-0.3, -0.25) is 14.4 Å². The Labute approximate surface area is 132 Å². The number of benzene rings is 1. The Morgan fingerprint density at radius 2 is 1.61 bits per heavy atom. The maximum absolute atomic E-state index is 12.2. The Hall–Kier alpha value is -2.90. The summed E-state index contributed by atoms with van der Waals surface area (Å²) in [6.07, 6.45) is -0.592.